The van der Waals surface area contributed by atoms with Crippen LogP contribution in [0.4, 0.5) is 0 Å². The van der Waals surface area contributed by atoms with Gasteiger partial charge in [0.05, 0.1) is 0 Å². The fourth-order valence-electron chi connectivity index (χ4n) is 0. The monoisotopic (exact) mass is 256 g/mol. The summed E-state index contributed by atoms with van der Waals surface area (Å²) in [7, 11) is -3.13. The third kappa shape index (κ3) is 24.9. The summed E-state index contributed by atoms with van der Waals surface area (Å²) in [4.78, 5) is 14.3. The van der Waals surface area contributed by atoms with Gasteiger partial charge in [0.15, 0.2) is 0 Å². The summed E-state index contributed by atoms with van der Waals surface area (Å²) < 4.78 is 8.74. The molecule has 0 aliphatic heterocycles. The van der Waals surface area contributed by atoms with Crippen molar-refractivity contribution < 1.29 is 14.4 Å². The van der Waals surface area contributed by atoms with E-state index in [0.29, 0.717) is 0 Å². The van der Waals surface area contributed by atoms with E-state index in [1.807, 2.05) is 0 Å². The van der Waals surface area contributed by atoms with Crippen LogP contribution < -0.4 is 0 Å². The summed E-state index contributed by atoms with van der Waals surface area (Å²) in [5, 5.41) is 0. The molecule has 0 unspecified atom stereocenters. The minimum absolute atomic E-state index is 0. The Bertz CT molecular complexity index is 33.8. The van der Waals surface area contributed by atoms with Crippen molar-refractivity contribution in [3.8, 4) is 0 Å². The zero-order valence-corrected chi connectivity index (χ0v) is 2.80. The van der Waals surface area contributed by atoms with Crippen LogP contribution in [0, 0.1) is 0 Å². The summed E-state index contributed by atoms with van der Waals surface area (Å²) >= 11 is 0. The first-order chi connectivity index (χ1) is 1.73. The predicted molar refractivity (Wildman–Crippen MR) is 27.7 cm³/mol. The number of rotatable bonds is 0. The second-order valence-electron chi connectivity index (χ2n) is 0.283. The van der Waals surface area contributed by atoms with Crippen LogP contribution in [0.5, 0.6) is 0 Å². The van der Waals surface area contributed by atoms with Gasteiger partial charge in [-0.3, -0.25) is 4.57 Å². The van der Waals surface area contributed by atoms with Crippen molar-refractivity contribution in [1.29, 1.82) is 0 Å². The van der Waals surface area contributed by atoms with Crippen molar-refractivity contribution in [3.05, 3.63) is 0 Å². The molecule has 0 atom stereocenters. The summed E-state index contributed by atoms with van der Waals surface area (Å²) in [5.74, 6) is 0. The third-order valence-electron chi connectivity index (χ3n) is 0. The molecule has 0 heterocycles. The second kappa shape index (κ2) is 11.6. The zero-order chi connectivity index (χ0) is 3.58. The molecule has 0 bridgehead atoms. The van der Waals surface area contributed by atoms with Crippen molar-refractivity contribution in [3.63, 3.8) is 0 Å². The quantitative estimate of drug-likeness (QED) is 0.392. The van der Waals surface area contributed by atoms with Crippen molar-refractivity contribution in [2.24, 2.45) is 0 Å². The van der Waals surface area contributed by atoms with Crippen LogP contribution in [0.25, 0.3) is 0 Å². The fourth-order valence-corrected chi connectivity index (χ4v) is 0. The third-order valence-corrected chi connectivity index (χ3v) is 0. The topological polar surface area (TPSA) is 57.5 Å². The molecular formula is H5CsKO3P. The van der Waals surface area contributed by atoms with Gasteiger partial charge in [-0.1, -0.05) is 0 Å². The molecule has 0 rings (SSSR count). The Morgan fingerprint density at radius 2 is 1.33 bits per heavy atom. The van der Waals surface area contributed by atoms with E-state index < -0.39 is 8.25 Å². The first kappa shape index (κ1) is 16.4. The Balaban J connectivity index is -0.0000000450. The summed E-state index contributed by atoms with van der Waals surface area (Å²) in [6.45, 7) is 0. The van der Waals surface area contributed by atoms with Crippen LogP contribution >= 0.6 is 8.25 Å². The molecule has 0 radical (unpaired) electrons. The van der Waals surface area contributed by atoms with E-state index in [2.05, 4.69) is 0 Å². The predicted octanol–water partition coefficient (Wildman–Crippen LogP) is -1.94. The van der Waals surface area contributed by atoms with E-state index >= 15 is 0 Å². The molecule has 3 nitrogen and oxygen atoms in total. The molecule has 0 aliphatic carbocycles. The molecule has 0 spiro atoms. The average molecular weight is 256 g/mol. The van der Waals surface area contributed by atoms with Gasteiger partial charge in [0.25, 0.3) is 0 Å². The molecule has 6 heavy (non-hydrogen) atoms. The Morgan fingerprint density at radius 3 is 1.33 bits per heavy atom. The SMILES string of the molecule is O=[PH](O)O.[CsH].[KH]. The molecule has 0 saturated heterocycles. The van der Waals surface area contributed by atoms with E-state index in [1.165, 1.54) is 0 Å². The molecule has 0 amide bonds. The van der Waals surface area contributed by atoms with Crippen LogP contribution in [-0.2, 0) is 4.57 Å². The van der Waals surface area contributed by atoms with Crippen molar-refractivity contribution in [2.75, 3.05) is 0 Å². The normalized spacial score (nSPS) is 5.83. The fraction of sp³-hybridized carbons (Fsp3) is 0. The molecule has 0 aromatic rings. The van der Waals surface area contributed by atoms with E-state index in [-0.39, 0.29) is 120 Å². The molecule has 2 N–H and O–H groups in total. The van der Waals surface area contributed by atoms with E-state index in [9.17, 15) is 0 Å². The molecule has 0 aromatic heterocycles. The maximum atomic E-state index is 8.74. The molecule has 0 aromatic carbocycles. The van der Waals surface area contributed by atoms with E-state index in [1.54, 1.807) is 0 Å². The minimum atomic E-state index is -3.13. The van der Waals surface area contributed by atoms with Crippen LogP contribution in [-0.4, -0.2) is 130 Å². The van der Waals surface area contributed by atoms with Gasteiger partial charge < -0.3 is 9.79 Å². The van der Waals surface area contributed by atoms with Crippen LogP contribution in [0.15, 0.2) is 0 Å². The summed E-state index contributed by atoms with van der Waals surface area (Å²) in [6, 6.07) is 0. The number of hydrogen-bond acceptors (Lipinski definition) is 1. The van der Waals surface area contributed by atoms with Crippen molar-refractivity contribution in [2.45, 2.75) is 0 Å². The Labute approximate surface area is 138 Å². The molecular weight excluding hydrogens is 251 g/mol. The maximum absolute atomic E-state index is 8.74. The van der Waals surface area contributed by atoms with Gasteiger partial charge in [-0.2, -0.15) is 0 Å². The van der Waals surface area contributed by atoms with Gasteiger partial charge in [0.1, 0.15) is 0 Å². The zero-order valence-electron chi connectivity index (χ0n) is 1.80. The van der Waals surface area contributed by atoms with Gasteiger partial charge >= 0.3 is 129 Å². The standard InChI is InChI=1S/Cs.K.H3O3P.2H/c;;1-4(2)3;;/h;;4H,(H2,1,2,3);;. The Hall–Kier alpha value is 3.84. The summed E-state index contributed by atoms with van der Waals surface area (Å²) in [6.07, 6.45) is 0. The first-order valence-corrected chi connectivity index (χ1v) is 1.95. The second-order valence-corrected chi connectivity index (χ2v) is 0.848. The Morgan fingerprint density at radius 1 is 1.33 bits per heavy atom. The van der Waals surface area contributed by atoms with Crippen LogP contribution in [0.3, 0.4) is 0 Å². The number of hydrogen-bond donors (Lipinski definition) is 2. The van der Waals surface area contributed by atoms with Crippen LogP contribution in [0.2, 0.25) is 0 Å². The van der Waals surface area contributed by atoms with Gasteiger partial charge in [-0.15, -0.1) is 0 Å². The molecule has 0 aliphatic rings. The van der Waals surface area contributed by atoms with Gasteiger partial charge in [0, 0.05) is 0 Å². The van der Waals surface area contributed by atoms with Gasteiger partial charge in [-0.25, -0.2) is 0 Å². The van der Waals surface area contributed by atoms with Crippen LogP contribution in [0.1, 0.15) is 0 Å². The van der Waals surface area contributed by atoms with E-state index in [4.69, 9.17) is 14.4 Å². The first-order valence-electron chi connectivity index (χ1n) is 0.651. The molecule has 0 fully saturated rings. The summed E-state index contributed by atoms with van der Waals surface area (Å²) in [5.41, 5.74) is 0. The molecule has 6 heteroatoms. The average Bonchev–Trinajstić information content (AvgIpc) is 0.811. The van der Waals surface area contributed by atoms with Gasteiger partial charge in [0.2, 0.25) is 0 Å². The van der Waals surface area contributed by atoms with E-state index in [0.717, 1.165) is 0 Å². The Kier molecular flexibility index (Phi) is 31.8. The van der Waals surface area contributed by atoms with Gasteiger partial charge in [-0.05, 0) is 0 Å². The van der Waals surface area contributed by atoms with Crippen molar-refractivity contribution >= 4 is 129 Å². The van der Waals surface area contributed by atoms with Crippen molar-refractivity contribution in [1.82, 2.24) is 0 Å². The molecule has 30 valence electrons. The molecule has 0 saturated carbocycles.